The molecule has 0 saturated heterocycles. The maximum Gasteiger partial charge on any atom is 0.325 e. The maximum atomic E-state index is 12.8. The minimum atomic E-state index is -0.326. The van der Waals surface area contributed by atoms with Crippen molar-refractivity contribution >= 4 is 23.3 Å². The Morgan fingerprint density at radius 1 is 1.16 bits per heavy atom. The molecule has 4 rings (SSSR count). The molecular formula is C23H33N5O3. The van der Waals surface area contributed by atoms with Gasteiger partial charge in [-0.2, -0.15) is 0 Å². The third-order valence-corrected chi connectivity index (χ3v) is 6.64. The van der Waals surface area contributed by atoms with Crippen molar-refractivity contribution < 1.29 is 14.3 Å². The monoisotopic (exact) mass is 427 g/mol. The highest BCUT2D eigenvalue weighted by molar-refractivity contribution is 5.95. The molecular weight excluding hydrogens is 394 g/mol. The Morgan fingerprint density at radius 2 is 1.90 bits per heavy atom. The first-order valence-corrected chi connectivity index (χ1v) is 11.4. The van der Waals surface area contributed by atoms with Gasteiger partial charge in [-0.25, -0.2) is 4.98 Å². The van der Waals surface area contributed by atoms with Crippen molar-refractivity contribution in [2.75, 3.05) is 19.0 Å². The number of pyridine rings is 1. The van der Waals surface area contributed by atoms with Crippen molar-refractivity contribution in [3.8, 4) is 0 Å². The number of ether oxygens (including phenoxy) is 1. The molecule has 4 N–H and O–H groups in total. The molecule has 2 saturated carbocycles. The molecule has 0 atom stereocenters. The summed E-state index contributed by atoms with van der Waals surface area (Å²) in [6.45, 7) is 0.0794. The number of hydrogen-bond donors (Lipinski definition) is 3. The standard InChI is InChI=1S/C23H33N5O3/c1-31-20(29)14-25-22-21(15-5-3-2-4-6-15)27-19-13-16(11-12-28(19)22)23(30)26-18-9-7-17(24)8-10-18/h11-13,15,17-18,25H,2-10,14,24H2,1H3,(H,26,30). The van der Waals surface area contributed by atoms with E-state index in [4.69, 9.17) is 15.5 Å². The third-order valence-electron chi connectivity index (χ3n) is 6.64. The van der Waals surface area contributed by atoms with Gasteiger partial charge in [-0.1, -0.05) is 19.3 Å². The van der Waals surface area contributed by atoms with Crippen molar-refractivity contribution in [2.45, 2.75) is 75.8 Å². The normalized spacial score (nSPS) is 22.3. The Hall–Kier alpha value is -2.61. The molecule has 168 valence electrons. The number of carbonyl (C=O) groups excluding carboxylic acids is 2. The molecule has 1 amide bonds. The van der Waals surface area contributed by atoms with Crippen molar-refractivity contribution in [2.24, 2.45) is 5.73 Å². The highest BCUT2D eigenvalue weighted by Crippen LogP contribution is 2.36. The first kappa shape index (κ1) is 21.6. The maximum absolute atomic E-state index is 12.8. The van der Waals surface area contributed by atoms with Crippen LogP contribution in [0.1, 0.15) is 79.8 Å². The second-order valence-corrected chi connectivity index (χ2v) is 8.84. The van der Waals surface area contributed by atoms with Gasteiger partial charge in [0.25, 0.3) is 5.91 Å². The smallest absolute Gasteiger partial charge is 0.325 e. The Balaban J connectivity index is 1.57. The number of nitrogens with zero attached hydrogens (tertiary/aromatic N) is 2. The number of anilines is 1. The van der Waals surface area contributed by atoms with Gasteiger partial charge in [0.05, 0.1) is 12.8 Å². The number of fused-ring (bicyclic) bond motifs is 1. The Morgan fingerprint density at radius 3 is 2.61 bits per heavy atom. The summed E-state index contributed by atoms with van der Waals surface area (Å²) in [4.78, 5) is 29.4. The molecule has 2 aliphatic carbocycles. The van der Waals surface area contributed by atoms with Gasteiger partial charge in [-0.05, 0) is 50.7 Å². The Kier molecular flexibility index (Phi) is 6.75. The van der Waals surface area contributed by atoms with E-state index in [2.05, 4.69) is 10.6 Å². The van der Waals surface area contributed by atoms with Crippen LogP contribution in [0.3, 0.4) is 0 Å². The molecule has 2 heterocycles. The third kappa shape index (κ3) is 5.01. The number of hydrogen-bond acceptors (Lipinski definition) is 6. The van der Waals surface area contributed by atoms with Crippen LogP contribution in [-0.4, -0.2) is 47.0 Å². The zero-order chi connectivity index (χ0) is 21.8. The highest BCUT2D eigenvalue weighted by Gasteiger charge is 2.25. The van der Waals surface area contributed by atoms with Crippen molar-refractivity contribution in [1.82, 2.24) is 14.7 Å². The second-order valence-electron chi connectivity index (χ2n) is 8.84. The predicted molar refractivity (Wildman–Crippen MR) is 119 cm³/mol. The molecule has 2 aromatic rings. The number of nitrogens with two attached hydrogens (primary N) is 1. The number of rotatable bonds is 6. The average molecular weight is 428 g/mol. The van der Waals surface area contributed by atoms with Gasteiger partial charge in [-0.3, -0.25) is 14.0 Å². The number of nitrogens with one attached hydrogen (secondary N) is 2. The van der Waals surface area contributed by atoms with E-state index in [1.165, 1.54) is 26.4 Å². The first-order valence-electron chi connectivity index (χ1n) is 11.4. The lowest BCUT2D eigenvalue weighted by molar-refractivity contribution is -0.138. The fourth-order valence-electron chi connectivity index (χ4n) is 4.80. The van der Waals surface area contributed by atoms with Crippen LogP contribution >= 0.6 is 0 Å². The van der Waals surface area contributed by atoms with E-state index in [0.29, 0.717) is 17.1 Å². The summed E-state index contributed by atoms with van der Waals surface area (Å²) in [6.07, 6.45) is 11.4. The number of amides is 1. The molecule has 0 bridgehead atoms. The van der Waals surface area contributed by atoms with E-state index in [1.54, 1.807) is 0 Å². The Labute approximate surface area is 182 Å². The van der Waals surface area contributed by atoms with Crippen LogP contribution in [0.2, 0.25) is 0 Å². The molecule has 31 heavy (non-hydrogen) atoms. The van der Waals surface area contributed by atoms with Crippen molar-refractivity contribution in [3.05, 3.63) is 29.6 Å². The van der Waals surface area contributed by atoms with Crippen LogP contribution in [0.25, 0.3) is 5.65 Å². The van der Waals surface area contributed by atoms with Crippen LogP contribution in [0.5, 0.6) is 0 Å². The predicted octanol–water partition coefficient (Wildman–Crippen LogP) is 2.97. The molecule has 2 aromatic heterocycles. The summed E-state index contributed by atoms with van der Waals surface area (Å²) >= 11 is 0. The first-order chi connectivity index (χ1) is 15.0. The van der Waals surface area contributed by atoms with E-state index >= 15 is 0 Å². The largest absolute Gasteiger partial charge is 0.468 e. The number of carbonyl (C=O) groups is 2. The molecule has 8 nitrogen and oxygen atoms in total. The number of methoxy groups -OCH3 is 1. The lowest BCUT2D eigenvalue weighted by Crippen LogP contribution is -2.40. The van der Waals surface area contributed by atoms with Gasteiger partial charge >= 0.3 is 5.97 Å². The molecule has 2 fully saturated rings. The van der Waals surface area contributed by atoms with Gasteiger partial charge in [0.1, 0.15) is 18.0 Å². The SMILES string of the molecule is COC(=O)CNc1c(C2CCCCC2)nc2cc(C(=O)NC3CCC(N)CC3)ccn12. The van der Waals surface area contributed by atoms with E-state index in [1.807, 2.05) is 22.7 Å². The van der Waals surface area contributed by atoms with Crippen LogP contribution in [-0.2, 0) is 9.53 Å². The summed E-state index contributed by atoms with van der Waals surface area (Å²) in [5.41, 5.74) is 8.26. The summed E-state index contributed by atoms with van der Waals surface area (Å²) in [5.74, 6) is 0.778. The number of aromatic nitrogens is 2. The number of esters is 1. The van der Waals surface area contributed by atoms with Gasteiger partial charge in [0, 0.05) is 29.8 Å². The summed E-state index contributed by atoms with van der Waals surface area (Å²) < 4.78 is 6.72. The van der Waals surface area contributed by atoms with E-state index < -0.39 is 0 Å². The summed E-state index contributed by atoms with van der Waals surface area (Å²) in [6, 6.07) is 4.08. The molecule has 0 aliphatic heterocycles. The minimum absolute atomic E-state index is 0.0748. The molecule has 0 aromatic carbocycles. The quantitative estimate of drug-likeness (QED) is 0.611. The van der Waals surface area contributed by atoms with Crippen molar-refractivity contribution in [3.63, 3.8) is 0 Å². The molecule has 8 heteroatoms. The molecule has 0 radical (unpaired) electrons. The lowest BCUT2D eigenvalue weighted by atomic mass is 9.87. The zero-order valence-corrected chi connectivity index (χ0v) is 18.2. The summed E-state index contributed by atoms with van der Waals surface area (Å²) in [5, 5.41) is 6.36. The summed E-state index contributed by atoms with van der Waals surface area (Å²) in [7, 11) is 1.38. The van der Waals surface area contributed by atoms with Gasteiger partial charge < -0.3 is 21.1 Å². The molecule has 0 unspecified atom stereocenters. The van der Waals surface area contributed by atoms with Crippen LogP contribution < -0.4 is 16.4 Å². The van der Waals surface area contributed by atoms with E-state index in [9.17, 15) is 9.59 Å². The average Bonchev–Trinajstić information content (AvgIpc) is 3.17. The van der Waals surface area contributed by atoms with E-state index in [0.717, 1.165) is 50.0 Å². The molecule has 2 aliphatic rings. The zero-order valence-electron chi connectivity index (χ0n) is 18.2. The van der Waals surface area contributed by atoms with Gasteiger partial charge in [0.2, 0.25) is 0 Å². The number of imidazole rings is 1. The van der Waals surface area contributed by atoms with Crippen LogP contribution in [0.15, 0.2) is 18.3 Å². The van der Waals surface area contributed by atoms with E-state index in [-0.39, 0.29) is 30.5 Å². The second kappa shape index (κ2) is 9.68. The van der Waals surface area contributed by atoms with Crippen molar-refractivity contribution in [1.29, 1.82) is 0 Å². The lowest BCUT2D eigenvalue weighted by Gasteiger charge is -2.26. The van der Waals surface area contributed by atoms with Gasteiger partial charge in [-0.15, -0.1) is 0 Å². The minimum Gasteiger partial charge on any atom is -0.468 e. The van der Waals surface area contributed by atoms with Crippen LogP contribution in [0.4, 0.5) is 5.82 Å². The van der Waals surface area contributed by atoms with Gasteiger partial charge in [0.15, 0.2) is 0 Å². The fraction of sp³-hybridized carbons (Fsp3) is 0.609. The van der Waals surface area contributed by atoms with Crippen LogP contribution in [0, 0.1) is 0 Å². The Bertz CT molecular complexity index is 927. The fourth-order valence-corrected chi connectivity index (χ4v) is 4.80. The molecule has 0 spiro atoms. The highest BCUT2D eigenvalue weighted by atomic mass is 16.5. The topological polar surface area (TPSA) is 111 Å².